The van der Waals surface area contributed by atoms with Crippen molar-refractivity contribution in [2.45, 2.75) is 58.4 Å². The number of thiazole rings is 1. The van der Waals surface area contributed by atoms with Crippen LogP contribution >= 0.6 is 11.3 Å². The third-order valence-corrected chi connectivity index (χ3v) is 5.70. The molecule has 1 aromatic heterocycles. The third-order valence-electron chi connectivity index (χ3n) is 4.57. The normalized spacial score (nSPS) is 19.1. The van der Waals surface area contributed by atoms with Gasteiger partial charge in [-0.25, -0.2) is 4.98 Å². The van der Waals surface area contributed by atoms with E-state index in [4.69, 9.17) is 4.98 Å². The van der Waals surface area contributed by atoms with Crippen molar-refractivity contribution in [3.8, 4) is 0 Å². The Kier molecular flexibility index (Phi) is 4.61. The van der Waals surface area contributed by atoms with E-state index in [1.807, 2.05) is 11.3 Å². The monoisotopic (exact) mass is 293 g/mol. The standard InChI is InChI=1S/C16H27N3S/c1-3-17-10-14-15(13-8-9-13)18-16(20-14)19(4-2)11-12-6-5-7-12/h12-13,17H,3-11H2,1-2H3. The topological polar surface area (TPSA) is 28.2 Å². The molecule has 2 aliphatic carbocycles. The Morgan fingerprint density at radius 2 is 2.05 bits per heavy atom. The number of nitrogens with one attached hydrogen (secondary N) is 1. The minimum Gasteiger partial charge on any atom is -0.348 e. The van der Waals surface area contributed by atoms with Crippen LogP contribution in [0.1, 0.15) is 62.4 Å². The summed E-state index contributed by atoms with van der Waals surface area (Å²) in [5.41, 5.74) is 1.40. The summed E-state index contributed by atoms with van der Waals surface area (Å²) in [5, 5.41) is 4.75. The van der Waals surface area contributed by atoms with Gasteiger partial charge in [-0.15, -0.1) is 11.3 Å². The van der Waals surface area contributed by atoms with E-state index in [1.54, 1.807) is 0 Å². The van der Waals surface area contributed by atoms with E-state index in [0.717, 1.165) is 31.5 Å². The highest BCUT2D eigenvalue weighted by Crippen LogP contribution is 2.44. The summed E-state index contributed by atoms with van der Waals surface area (Å²) in [4.78, 5) is 9.00. The molecule has 0 aliphatic heterocycles. The number of hydrogen-bond donors (Lipinski definition) is 1. The second-order valence-corrected chi connectivity index (χ2v) is 7.26. The van der Waals surface area contributed by atoms with Gasteiger partial charge in [0.15, 0.2) is 5.13 Å². The second kappa shape index (κ2) is 6.44. The molecular formula is C16H27N3S. The van der Waals surface area contributed by atoms with Gasteiger partial charge in [0.1, 0.15) is 0 Å². The zero-order valence-corrected chi connectivity index (χ0v) is 13.6. The van der Waals surface area contributed by atoms with Crippen LogP contribution in [0.15, 0.2) is 0 Å². The van der Waals surface area contributed by atoms with Gasteiger partial charge in [0.2, 0.25) is 0 Å². The molecule has 0 amide bonds. The van der Waals surface area contributed by atoms with Crippen LogP contribution < -0.4 is 10.2 Å². The van der Waals surface area contributed by atoms with Crippen LogP contribution in [0.5, 0.6) is 0 Å². The first-order valence-corrected chi connectivity index (χ1v) is 9.08. The first-order chi connectivity index (χ1) is 9.81. The summed E-state index contributed by atoms with van der Waals surface area (Å²) >= 11 is 1.93. The Labute approximate surface area is 126 Å². The summed E-state index contributed by atoms with van der Waals surface area (Å²) in [7, 11) is 0. The molecule has 3 nitrogen and oxygen atoms in total. The molecule has 1 N–H and O–H groups in total. The lowest BCUT2D eigenvalue weighted by Crippen LogP contribution is -2.32. The molecule has 2 saturated carbocycles. The minimum absolute atomic E-state index is 0.760. The fraction of sp³-hybridized carbons (Fsp3) is 0.812. The Bertz CT molecular complexity index is 435. The third kappa shape index (κ3) is 3.17. The predicted molar refractivity (Wildman–Crippen MR) is 86.7 cm³/mol. The summed E-state index contributed by atoms with van der Waals surface area (Å²) < 4.78 is 0. The minimum atomic E-state index is 0.760. The number of hydrogen-bond acceptors (Lipinski definition) is 4. The number of rotatable bonds is 8. The van der Waals surface area contributed by atoms with Crippen molar-refractivity contribution in [3.05, 3.63) is 10.6 Å². The van der Waals surface area contributed by atoms with E-state index < -0.39 is 0 Å². The smallest absolute Gasteiger partial charge is 0.185 e. The molecule has 0 spiro atoms. The Morgan fingerprint density at radius 3 is 2.60 bits per heavy atom. The molecule has 2 aliphatic rings. The van der Waals surface area contributed by atoms with Crippen molar-refractivity contribution in [1.82, 2.24) is 10.3 Å². The number of anilines is 1. The maximum Gasteiger partial charge on any atom is 0.185 e. The lowest BCUT2D eigenvalue weighted by molar-refractivity contribution is 0.318. The molecule has 4 heteroatoms. The molecule has 0 radical (unpaired) electrons. The van der Waals surface area contributed by atoms with Crippen LogP contribution in [0, 0.1) is 5.92 Å². The molecule has 0 unspecified atom stereocenters. The molecule has 0 saturated heterocycles. The molecule has 20 heavy (non-hydrogen) atoms. The van der Waals surface area contributed by atoms with Crippen LogP contribution in [0.4, 0.5) is 5.13 Å². The van der Waals surface area contributed by atoms with Crippen LogP contribution in [-0.2, 0) is 6.54 Å². The van der Waals surface area contributed by atoms with Gasteiger partial charge in [0.25, 0.3) is 0 Å². The van der Waals surface area contributed by atoms with Gasteiger partial charge in [0, 0.05) is 30.4 Å². The first-order valence-electron chi connectivity index (χ1n) is 8.27. The van der Waals surface area contributed by atoms with Gasteiger partial charge in [0.05, 0.1) is 5.69 Å². The molecule has 0 atom stereocenters. The largest absolute Gasteiger partial charge is 0.348 e. The fourth-order valence-electron chi connectivity index (χ4n) is 2.86. The maximum absolute atomic E-state index is 5.01. The van der Waals surface area contributed by atoms with Crippen molar-refractivity contribution < 1.29 is 0 Å². The average Bonchev–Trinajstić information content (AvgIpc) is 3.17. The van der Waals surface area contributed by atoms with E-state index in [2.05, 4.69) is 24.1 Å². The Hall–Kier alpha value is -0.610. The van der Waals surface area contributed by atoms with Crippen molar-refractivity contribution in [2.75, 3.05) is 24.5 Å². The van der Waals surface area contributed by atoms with E-state index in [0.29, 0.717) is 0 Å². The fourth-order valence-corrected chi connectivity index (χ4v) is 4.04. The van der Waals surface area contributed by atoms with Gasteiger partial charge < -0.3 is 10.2 Å². The number of nitrogens with zero attached hydrogens (tertiary/aromatic N) is 2. The van der Waals surface area contributed by atoms with E-state index >= 15 is 0 Å². The predicted octanol–water partition coefficient (Wildman–Crippen LogP) is 3.76. The van der Waals surface area contributed by atoms with Crippen LogP contribution in [0.25, 0.3) is 0 Å². The van der Waals surface area contributed by atoms with Crippen LogP contribution in [0.3, 0.4) is 0 Å². The van der Waals surface area contributed by atoms with Gasteiger partial charge in [-0.05, 0) is 45.1 Å². The average molecular weight is 293 g/mol. The molecular weight excluding hydrogens is 266 g/mol. The zero-order chi connectivity index (χ0) is 13.9. The lowest BCUT2D eigenvalue weighted by Gasteiger charge is -2.31. The molecule has 3 rings (SSSR count). The number of aromatic nitrogens is 1. The molecule has 0 bridgehead atoms. The second-order valence-electron chi connectivity index (χ2n) is 6.20. The Morgan fingerprint density at radius 1 is 1.25 bits per heavy atom. The van der Waals surface area contributed by atoms with E-state index in [9.17, 15) is 0 Å². The summed E-state index contributed by atoms with van der Waals surface area (Å²) in [6.07, 6.45) is 6.95. The molecule has 112 valence electrons. The van der Waals surface area contributed by atoms with Gasteiger partial charge >= 0.3 is 0 Å². The highest BCUT2D eigenvalue weighted by molar-refractivity contribution is 7.15. The van der Waals surface area contributed by atoms with E-state index in [-0.39, 0.29) is 0 Å². The SMILES string of the molecule is CCNCc1sc(N(CC)CC2CCC2)nc1C1CC1. The molecule has 1 heterocycles. The zero-order valence-electron chi connectivity index (χ0n) is 12.8. The van der Waals surface area contributed by atoms with Crippen molar-refractivity contribution in [1.29, 1.82) is 0 Å². The highest BCUT2D eigenvalue weighted by Gasteiger charge is 2.30. The quantitative estimate of drug-likeness (QED) is 0.791. The lowest BCUT2D eigenvalue weighted by atomic mass is 9.85. The van der Waals surface area contributed by atoms with Crippen molar-refractivity contribution in [3.63, 3.8) is 0 Å². The van der Waals surface area contributed by atoms with Crippen LogP contribution in [-0.4, -0.2) is 24.6 Å². The summed E-state index contributed by atoms with van der Waals surface area (Å²) in [6, 6.07) is 0. The van der Waals surface area contributed by atoms with E-state index in [1.165, 1.54) is 54.4 Å². The summed E-state index contributed by atoms with van der Waals surface area (Å²) in [5.74, 6) is 1.68. The molecule has 0 aromatic carbocycles. The summed E-state index contributed by atoms with van der Waals surface area (Å²) in [6.45, 7) is 8.79. The van der Waals surface area contributed by atoms with Crippen molar-refractivity contribution in [2.24, 2.45) is 5.92 Å². The van der Waals surface area contributed by atoms with Crippen LogP contribution in [0.2, 0.25) is 0 Å². The maximum atomic E-state index is 5.01. The van der Waals surface area contributed by atoms with Crippen molar-refractivity contribution >= 4 is 16.5 Å². The first kappa shape index (κ1) is 14.3. The molecule has 2 fully saturated rings. The van der Waals surface area contributed by atoms with Gasteiger partial charge in [-0.1, -0.05) is 13.3 Å². The van der Waals surface area contributed by atoms with Gasteiger partial charge in [-0.3, -0.25) is 0 Å². The molecule has 1 aromatic rings. The Balaban J connectivity index is 1.73. The highest BCUT2D eigenvalue weighted by atomic mass is 32.1. The van der Waals surface area contributed by atoms with Gasteiger partial charge in [-0.2, -0.15) is 0 Å².